The van der Waals surface area contributed by atoms with E-state index in [4.69, 9.17) is 0 Å². The van der Waals surface area contributed by atoms with Gasteiger partial charge in [-0.3, -0.25) is 13.9 Å². The van der Waals surface area contributed by atoms with E-state index in [9.17, 15) is 9.59 Å². The van der Waals surface area contributed by atoms with Gasteiger partial charge in [0.1, 0.15) is 0 Å². The fraction of sp³-hybridized carbons (Fsp3) is 0.333. The molecule has 0 fully saturated rings. The van der Waals surface area contributed by atoms with Crippen LogP contribution in [-0.4, -0.2) is 14.5 Å². The second-order valence-corrected chi connectivity index (χ2v) is 5.50. The summed E-state index contributed by atoms with van der Waals surface area (Å²) in [7, 11) is 0. The molecule has 0 aliphatic rings. The third kappa shape index (κ3) is 3.28. The molecule has 106 valence electrons. The van der Waals surface area contributed by atoms with Crippen LogP contribution in [0.25, 0.3) is 0 Å². The summed E-state index contributed by atoms with van der Waals surface area (Å²) in [6.07, 6.45) is 2.40. The van der Waals surface area contributed by atoms with Crippen molar-refractivity contribution < 1.29 is 0 Å². The Morgan fingerprint density at radius 1 is 1.15 bits per heavy atom. The zero-order valence-electron chi connectivity index (χ0n) is 11.4. The molecule has 0 spiro atoms. The van der Waals surface area contributed by atoms with Crippen molar-refractivity contribution in [2.75, 3.05) is 5.33 Å². The van der Waals surface area contributed by atoms with Crippen LogP contribution in [0.3, 0.4) is 0 Å². The highest BCUT2D eigenvalue weighted by atomic mass is 79.9. The molecule has 2 aromatic rings. The summed E-state index contributed by atoms with van der Waals surface area (Å²) in [5, 5.41) is 0.769. The van der Waals surface area contributed by atoms with Crippen molar-refractivity contribution in [1.82, 2.24) is 9.13 Å². The van der Waals surface area contributed by atoms with Gasteiger partial charge in [0, 0.05) is 23.6 Å². The number of halogens is 1. The van der Waals surface area contributed by atoms with Gasteiger partial charge in [0.05, 0.1) is 6.54 Å². The van der Waals surface area contributed by atoms with E-state index in [0.29, 0.717) is 18.7 Å². The lowest BCUT2D eigenvalue weighted by Gasteiger charge is -2.11. The molecule has 1 aromatic heterocycles. The first kappa shape index (κ1) is 14.8. The number of rotatable bonds is 5. The molecule has 0 radical (unpaired) electrons. The van der Waals surface area contributed by atoms with Crippen LogP contribution in [-0.2, 0) is 13.1 Å². The molecule has 0 unspecified atom stereocenters. The number of hydrogen-bond donors (Lipinski definition) is 0. The quantitative estimate of drug-likeness (QED) is 0.785. The molecule has 0 atom stereocenters. The van der Waals surface area contributed by atoms with Gasteiger partial charge in [-0.2, -0.15) is 0 Å². The minimum atomic E-state index is -0.245. The lowest BCUT2D eigenvalue weighted by molar-refractivity contribution is 0.563. The summed E-state index contributed by atoms with van der Waals surface area (Å²) in [6, 6.07) is 9.75. The molecule has 1 heterocycles. The number of benzene rings is 1. The zero-order valence-corrected chi connectivity index (χ0v) is 13.0. The van der Waals surface area contributed by atoms with Crippen molar-refractivity contribution in [2.24, 2.45) is 0 Å². The van der Waals surface area contributed by atoms with Crippen molar-refractivity contribution in [3.8, 4) is 0 Å². The van der Waals surface area contributed by atoms with Gasteiger partial charge in [-0.1, -0.05) is 46.3 Å². The molecule has 0 bridgehead atoms. The van der Waals surface area contributed by atoms with E-state index in [1.807, 2.05) is 30.3 Å². The van der Waals surface area contributed by atoms with E-state index >= 15 is 0 Å². The second kappa shape index (κ2) is 6.70. The average molecular weight is 337 g/mol. The third-order valence-corrected chi connectivity index (χ3v) is 3.68. The number of nitrogens with zero attached hydrogens (tertiary/aromatic N) is 2. The third-order valence-electron chi connectivity index (χ3n) is 3.12. The van der Waals surface area contributed by atoms with Gasteiger partial charge in [0.25, 0.3) is 5.56 Å². The Balaban J connectivity index is 2.42. The van der Waals surface area contributed by atoms with Gasteiger partial charge < -0.3 is 0 Å². The van der Waals surface area contributed by atoms with Gasteiger partial charge >= 0.3 is 5.69 Å². The van der Waals surface area contributed by atoms with Crippen LogP contribution in [0.15, 0.2) is 46.1 Å². The highest BCUT2D eigenvalue weighted by Crippen LogP contribution is 2.01. The van der Waals surface area contributed by atoms with Crippen molar-refractivity contribution in [1.29, 1.82) is 0 Å². The smallest absolute Gasteiger partial charge is 0.296 e. The van der Waals surface area contributed by atoms with Crippen molar-refractivity contribution in [3.63, 3.8) is 0 Å². The van der Waals surface area contributed by atoms with Crippen LogP contribution >= 0.6 is 15.9 Å². The van der Waals surface area contributed by atoms with E-state index in [1.165, 1.54) is 4.57 Å². The summed E-state index contributed by atoms with van der Waals surface area (Å²) in [4.78, 5) is 24.4. The van der Waals surface area contributed by atoms with Crippen molar-refractivity contribution in [3.05, 3.63) is 68.5 Å². The second-order valence-electron chi connectivity index (χ2n) is 4.71. The topological polar surface area (TPSA) is 44.0 Å². The van der Waals surface area contributed by atoms with Crippen LogP contribution in [0.1, 0.15) is 17.5 Å². The van der Waals surface area contributed by atoms with E-state index in [2.05, 4.69) is 15.9 Å². The van der Waals surface area contributed by atoms with Crippen LogP contribution in [0, 0.1) is 6.92 Å². The Bertz CT molecular complexity index is 689. The Labute approximate surface area is 125 Å². The summed E-state index contributed by atoms with van der Waals surface area (Å²) in [5.74, 6) is 0. The van der Waals surface area contributed by atoms with Crippen LogP contribution in [0.2, 0.25) is 0 Å². The van der Waals surface area contributed by atoms with Gasteiger partial charge in [-0.25, -0.2) is 4.79 Å². The minimum absolute atomic E-state index is 0.194. The highest BCUT2D eigenvalue weighted by Gasteiger charge is 2.08. The predicted molar refractivity (Wildman–Crippen MR) is 83.7 cm³/mol. The molecule has 5 heteroatoms. The molecule has 0 amide bonds. The molecule has 1 aromatic carbocycles. The van der Waals surface area contributed by atoms with Gasteiger partial charge in [-0.05, 0) is 18.9 Å². The summed E-state index contributed by atoms with van der Waals surface area (Å²) < 4.78 is 2.92. The van der Waals surface area contributed by atoms with Crippen LogP contribution < -0.4 is 11.2 Å². The number of aryl methyl sites for hydroxylation is 1. The fourth-order valence-corrected chi connectivity index (χ4v) is 2.36. The SMILES string of the molecule is Cc1cn(Cc2ccccc2)c(=O)n(CCCBr)c1=O. The number of hydrogen-bond acceptors (Lipinski definition) is 2. The van der Waals surface area contributed by atoms with Crippen molar-refractivity contribution in [2.45, 2.75) is 26.4 Å². The molecular formula is C15H17BrN2O2. The first-order chi connectivity index (χ1) is 9.63. The molecule has 4 nitrogen and oxygen atoms in total. The maximum Gasteiger partial charge on any atom is 0.331 e. The van der Waals surface area contributed by atoms with Crippen LogP contribution in [0.4, 0.5) is 0 Å². The molecule has 0 saturated heterocycles. The molecule has 0 aliphatic heterocycles. The number of aromatic nitrogens is 2. The van der Waals surface area contributed by atoms with Crippen LogP contribution in [0.5, 0.6) is 0 Å². The van der Waals surface area contributed by atoms with Gasteiger partial charge in [0.15, 0.2) is 0 Å². The fourth-order valence-electron chi connectivity index (χ4n) is 2.11. The first-order valence-electron chi connectivity index (χ1n) is 6.54. The Morgan fingerprint density at radius 2 is 1.85 bits per heavy atom. The molecule has 2 rings (SSSR count). The van der Waals surface area contributed by atoms with E-state index in [0.717, 1.165) is 17.3 Å². The number of alkyl halides is 1. The maximum atomic E-state index is 12.4. The molecule has 0 aliphatic carbocycles. The summed E-state index contributed by atoms with van der Waals surface area (Å²) in [5.41, 5.74) is 1.19. The summed E-state index contributed by atoms with van der Waals surface area (Å²) in [6.45, 7) is 2.67. The summed E-state index contributed by atoms with van der Waals surface area (Å²) >= 11 is 3.32. The van der Waals surface area contributed by atoms with E-state index in [1.54, 1.807) is 17.7 Å². The van der Waals surface area contributed by atoms with Gasteiger partial charge in [-0.15, -0.1) is 0 Å². The highest BCUT2D eigenvalue weighted by molar-refractivity contribution is 9.09. The monoisotopic (exact) mass is 336 g/mol. The largest absolute Gasteiger partial charge is 0.331 e. The molecule has 0 N–H and O–H groups in total. The lowest BCUT2D eigenvalue weighted by atomic mass is 10.2. The standard InChI is InChI=1S/C15H17BrN2O2/c1-12-10-17(11-13-6-3-2-4-7-13)15(20)18(14(12)19)9-5-8-16/h2-4,6-7,10H,5,8-9,11H2,1H3. The first-order valence-corrected chi connectivity index (χ1v) is 7.66. The minimum Gasteiger partial charge on any atom is -0.296 e. The average Bonchev–Trinajstić information content (AvgIpc) is 2.46. The molecule has 20 heavy (non-hydrogen) atoms. The van der Waals surface area contributed by atoms with E-state index < -0.39 is 0 Å². The van der Waals surface area contributed by atoms with Crippen molar-refractivity contribution >= 4 is 15.9 Å². The predicted octanol–water partition coefficient (Wildman–Crippen LogP) is 2.15. The molecule has 0 saturated carbocycles. The zero-order chi connectivity index (χ0) is 14.5. The Morgan fingerprint density at radius 3 is 2.50 bits per heavy atom. The lowest BCUT2D eigenvalue weighted by Crippen LogP contribution is -2.41. The van der Waals surface area contributed by atoms with Gasteiger partial charge in [0.2, 0.25) is 0 Å². The maximum absolute atomic E-state index is 12.4. The molecular weight excluding hydrogens is 320 g/mol. The normalized spacial score (nSPS) is 10.7. The van der Waals surface area contributed by atoms with E-state index in [-0.39, 0.29) is 11.2 Å². The Kier molecular flexibility index (Phi) is 4.95. The Hall–Kier alpha value is -1.62.